The van der Waals surface area contributed by atoms with E-state index >= 15 is 0 Å². The summed E-state index contributed by atoms with van der Waals surface area (Å²) in [4.78, 5) is 4.84. The summed E-state index contributed by atoms with van der Waals surface area (Å²) >= 11 is 4.26. The first-order chi connectivity index (χ1) is 8.74. The van der Waals surface area contributed by atoms with E-state index in [4.69, 9.17) is 0 Å². The Kier molecular flexibility index (Phi) is 2.29. The molecular formula is C13H10IN3S. The fourth-order valence-electron chi connectivity index (χ4n) is 2.44. The molecule has 0 radical (unpaired) electrons. The number of benzene rings is 1. The van der Waals surface area contributed by atoms with E-state index in [2.05, 4.69) is 62.9 Å². The summed E-state index contributed by atoms with van der Waals surface area (Å²) in [5.74, 6) is 1.00. The predicted octanol–water partition coefficient (Wildman–Crippen LogP) is 4.08. The first-order valence-corrected chi connectivity index (χ1v) is 7.78. The Labute approximate surface area is 122 Å². The Morgan fingerprint density at radius 3 is 3.17 bits per heavy atom. The second-order valence-corrected chi connectivity index (χ2v) is 6.71. The van der Waals surface area contributed by atoms with E-state index in [1.807, 2.05) is 11.8 Å². The van der Waals surface area contributed by atoms with Crippen LogP contribution in [0.2, 0.25) is 0 Å². The summed E-state index contributed by atoms with van der Waals surface area (Å²) in [5.41, 5.74) is 5.96. The van der Waals surface area contributed by atoms with Gasteiger partial charge >= 0.3 is 0 Å². The van der Waals surface area contributed by atoms with E-state index in [1.54, 1.807) is 0 Å². The molecular weight excluding hydrogens is 357 g/mol. The third-order valence-electron chi connectivity index (χ3n) is 3.38. The molecule has 18 heavy (non-hydrogen) atoms. The molecule has 0 saturated carbocycles. The molecule has 0 atom stereocenters. The van der Waals surface area contributed by atoms with Gasteiger partial charge < -0.3 is 4.98 Å². The van der Waals surface area contributed by atoms with Crippen LogP contribution in [0.3, 0.4) is 0 Å². The van der Waals surface area contributed by atoms with Gasteiger partial charge in [0.1, 0.15) is 5.69 Å². The summed E-state index contributed by atoms with van der Waals surface area (Å²) in [7, 11) is 0. The van der Waals surface area contributed by atoms with Crippen molar-refractivity contribution in [2.75, 3.05) is 0 Å². The van der Waals surface area contributed by atoms with Crippen molar-refractivity contribution in [2.45, 2.75) is 17.6 Å². The summed E-state index contributed by atoms with van der Waals surface area (Å²) in [5, 5.41) is 8.85. The second-order valence-electron chi connectivity index (χ2n) is 4.48. The van der Waals surface area contributed by atoms with E-state index in [0.29, 0.717) is 0 Å². The maximum absolute atomic E-state index is 4.44. The van der Waals surface area contributed by atoms with Crippen molar-refractivity contribution in [2.24, 2.45) is 0 Å². The lowest BCUT2D eigenvalue weighted by atomic mass is 10.1. The van der Waals surface area contributed by atoms with Crippen molar-refractivity contribution in [3.8, 4) is 11.4 Å². The number of H-pyrrole nitrogens is 2. The Bertz CT molecular complexity index is 772. The fourth-order valence-corrected chi connectivity index (χ4v) is 4.19. The molecule has 0 unspecified atom stereocenters. The zero-order chi connectivity index (χ0) is 12.3. The average Bonchev–Trinajstić information content (AvgIpc) is 2.90. The Morgan fingerprint density at radius 2 is 2.28 bits per heavy atom. The van der Waals surface area contributed by atoms with Crippen LogP contribution in [0.4, 0.5) is 0 Å². The van der Waals surface area contributed by atoms with Gasteiger partial charge in [-0.05, 0) is 47.7 Å². The Balaban J connectivity index is 2.08. The lowest BCUT2D eigenvalue weighted by Gasteiger charge is -2.11. The normalized spacial score (nSPS) is 13.7. The molecule has 3 aromatic rings. The maximum Gasteiger partial charge on any atom is 0.114 e. The zero-order valence-corrected chi connectivity index (χ0v) is 12.6. The molecule has 1 aliphatic rings. The summed E-state index contributed by atoms with van der Waals surface area (Å²) < 4.78 is 1.27. The summed E-state index contributed by atoms with van der Waals surface area (Å²) in [6, 6.07) is 6.52. The standard InChI is InChI=1S/C13H10IN3S/c1-6-9-5-18-13-8-4-7(14)2-3-10(8)15-12(13)11(9)17-16-6/h2-4,15H,5H2,1H3,(H,16,17). The number of aromatic nitrogens is 3. The quantitative estimate of drug-likeness (QED) is 0.588. The molecule has 0 amide bonds. The SMILES string of the molecule is Cc1[nH]nc2c1CSc1c-2[nH]c2ccc(I)cc12. The maximum atomic E-state index is 4.44. The topological polar surface area (TPSA) is 44.5 Å². The number of thioether (sulfide) groups is 1. The van der Waals surface area contributed by atoms with Crippen LogP contribution in [0.5, 0.6) is 0 Å². The number of hydrogen-bond donors (Lipinski definition) is 2. The van der Waals surface area contributed by atoms with Crippen LogP contribution in [0.1, 0.15) is 11.3 Å². The van der Waals surface area contributed by atoms with Crippen LogP contribution >= 0.6 is 34.4 Å². The molecule has 0 saturated heterocycles. The average molecular weight is 367 g/mol. The number of hydrogen-bond acceptors (Lipinski definition) is 2. The van der Waals surface area contributed by atoms with Crippen LogP contribution in [0, 0.1) is 10.5 Å². The van der Waals surface area contributed by atoms with Gasteiger partial charge in [0.15, 0.2) is 0 Å². The lowest BCUT2D eigenvalue weighted by Crippen LogP contribution is -1.93. The highest BCUT2D eigenvalue weighted by molar-refractivity contribution is 14.1. The predicted molar refractivity (Wildman–Crippen MR) is 82.9 cm³/mol. The Morgan fingerprint density at radius 1 is 1.39 bits per heavy atom. The molecule has 5 heteroatoms. The monoisotopic (exact) mass is 367 g/mol. The number of nitrogens with zero attached hydrogens (tertiary/aromatic N) is 1. The highest BCUT2D eigenvalue weighted by atomic mass is 127. The molecule has 2 N–H and O–H groups in total. The van der Waals surface area contributed by atoms with Crippen molar-refractivity contribution < 1.29 is 0 Å². The third kappa shape index (κ3) is 1.40. The van der Waals surface area contributed by atoms with Gasteiger partial charge in [0.2, 0.25) is 0 Å². The first kappa shape index (κ1) is 10.9. The minimum absolute atomic E-state index is 1.00. The summed E-state index contributed by atoms with van der Waals surface area (Å²) in [6.07, 6.45) is 0. The molecule has 0 aliphatic carbocycles. The van der Waals surface area contributed by atoms with E-state index < -0.39 is 0 Å². The number of aromatic amines is 2. The largest absolute Gasteiger partial charge is 0.352 e. The van der Waals surface area contributed by atoms with Gasteiger partial charge in [-0.15, -0.1) is 11.8 Å². The van der Waals surface area contributed by atoms with Crippen LogP contribution in [-0.4, -0.2) is 15.2 Å². The van der Waals surface area contributed by atoms with Gasteiger partial charge in [0.25, 0.3) is 0 Å². The van der Waals surface area contributed by atoms with E-state index in [1.165, 1.54) is 36.3 Å². The molecule has 0 spiro atoms. The minimum Gasteiger partial charge on any atom is -0.352 e. The van der Waals surface area contributed by atoms with Crippen molar-refractivity contribution in [3.63, 3.8) is 0 Å². The molecule has 0 bridgehead atoms. The fraction of sp³-hybridized carbons (Fsp3) is 0.154. The van der Waals surface area contributed by atoms with Crippen LogP contribution in [0.25, 0.3) is 22.3 Å². The Hall–Kier alpha value is -0.950. The first-order valence-electron chi connectivity index (χ1n) is 5.72. The molecule has 1 aromatic carbocycles. The van der Waals surface area contributed by atoms with E-state index in [-0.39, 0.29) is 0 Å². The molecule has 1 aliphatic heterocycles. The number of nitrogens with one attached hydrogen (secondary N) is 2. The van der Waals surface area contributed by atoms with Gasteiger partial charge in [0, 0.05) is 36.4 Å². The molecule has 0 fully saturated rings. The molecule has 4 rings (SSSR count). The van der Waals surface area contributed by atoms with Crippen LogP contribution in [0.15, 0.2) is 23.1 Å². The van der Waals surface area contributed by atoms with Gasteiger partial charge in [-0.3, -0.25) is 5.10 Å². The number of fused-ring (bicyclic) bond motifs is 5. The van der Waals surface area contributed by atoms with Gasteiger partial charge in [-0.25, -0.2) is 0 Å². The van der Waals surface area contributed by atoms with Crippen molar-refractivity contribution in [3.05, 3.63) is 33.0 Å². The third-order valence-corrected chi connectivity index (χ3v) is 5.20. The summed E-state index contributed by atoms with van der Waals surface area (Å²) in [6.45, 7) is 2.09. The zero-order valence-electron chi connectivity index (χ0n) is 9.67. The molecule has 3 nitrogen and oxygen atoms in total. The number of halogens is 1. The van der Waals surface area contributed by atoms with Crippen molar-refractivity contribution in [1.29, 1.82) is 0 Å². The number of rotatable bonds is 0. The highest BCUT2D eigenvalue weighted by Crippen LogP contribution is 2.45. The van der Waals surface area contributed by atoms with Crippen LogP contribution in [-0.2, 0) is 5.75 Å². The molecule has 2 aromatic heterocycles. The smallest absolute Gasteiger partial charge is 0.114 e. The van der Waals surface area contributed by atoms with Gasteiger partial charge in [0.05, 0.1) is 5.69 Å². The molecule has 90 valence electrons. The number of aryl methyl sites for hydroxylation is 1. The van der Waals surface area contributed by atoms with Crippen molar-refractivity contribution in [1.82, 2.24) is 15.2 Å². The van der Waals surface area contributed by atoms with Crippen LogP contribution < -0.4 is 0 Å². The van der Waals surface area contributed by atoms with Gasteiger partial charge in [-0.2, -0.15) is 5.10 Å². The van der Waals surface area contributed by atoms with E-state index in [9.17, 15) is 0 Å². The minimum atomic E-state index is 1.00. The molecule has 3 heterocycles. The lowest BCUT2D eigenvalue weighted by molar-refractivity contribution is 1.04. The van der Waals surface area contributed by atoms with E-state index in [0.717, 1.165) is 11.4 Å². The van der Waals surface area contributed by atoms with Crippen molar-refractivity contribution >= 4 is 45.3 Å². The van der Waals surface area contributed by atoms with Gasteiger partial charge in [-0.1, -0.05) is 0 Å². The highest BCUT2D eigenvalue weighted by Gasteiger charge is 2.24. The second kappa shape index (κ2) is 3.77.